The van der Waals surface area contributed by atoms with Crippen LogP contribution in [0.3, 0.4) is 0 Å². The zero-order chi connectivity index (χ0) is 24.0. The summed E-state index contributed by atoms with van der Waals surface area (Å²) in [4.78, 5) is 28.6. The van der Waals surface area contributed by atoms with Gasteiger partial charge in [0.15, 0.2) is 0 Å². The van der Waals surface area contributed by atoms with Gasteiger partial charge in [0, 0.05) is 25.4 Å². The van der Waals surface area contributed by atoms with E-state index in [4.69, 9.17) is 15.2 Å². The minimum absolute atomic E-state index is 0.00299. The lowest BCUT2D eigenvalue weighted by Gasteiger charge is -2.57. The van der Waals surface area contributed by atoms with Gasteiger partial charge in [0.25, 0.3) is 11.8 Å². The van der Waals surface area contributed by atoms with E-state index in [0.29, 0.717) is 22.9 Å². The monoisotopic (exact) mass is 465 g/mol. The molecule has 2 saturated carbocycles. The summed E-state index contributed by atoms with van der Waals surface area (Å²) in [6.45, 7) is 1.86. The van der Waals surface area contributed by atoms with Crippen LogP contribution in [0.15, 0.2) is 30.7 Å². The molecule has 0 aliphatic heterocycles. The minimum Gasteiger partial charge on any atom is -0.481 e. The first-order valence-corrected chi connectivity index (χ1v) is 11.1. The van der Waals surface area contributed by atoms with Gasteiger partial charge in [-0.15, -0.1) is 5.10 Å². The molecule has 34 heavy (non-hydrogen) atoms. The number of nitrogens with one attached hydrogen (secondary N) is 1. The molecule has 3 heterocycles. The third kappa shape index (κ3) is 3.87. The van der Waals surface area contributed by atoms with Crippen LogP contribution in [-0.2, 0) is 7.05 Å². The van der Waals surface area contributed by atoms with Crippen molar-refractivity contribution >= 4 is 11.8 Å². The maximum Gasteiger partial charge on any atom is 0.255 e. The molecule has 3 aromatic rings. The van der Waals surface area contributed by atoms with Crippen molar-refractivity contribution in [1.82, 2.24) is 29.9 Å². The van der Waals surface area contributed by atoms with Crippen LogP contribution in [0.5, 0.6) is 11.8 Å². The number of methoxy groups -OCH3 is 1. The van der Waals surface area contributed by atoms with Gasteiger partial charge in [0.05, 0.1) is 36.4 Å². The molecular formula is C23H27N7O4. The highest BCUT2D eigenvalue weighted by Crippen LogP contribution is 2.56. The van der Waals surface area contributed by atoms with E-state index in [-0.39, 0.29) is 23.5 Å². The molecule has 0 atom stereocenters. The molecule has 2 amide bonds. The molecule has 11 heteroatoms. The Balaban J connectivity index is 1.14. The number of primary amides is 1. The number of rotatable bonds is 7. The fourth-order valence-electron chi connectivity index (χ4n) is 5.07. The van der Waals surface area contributed by atoms with Crippen molar-refractivity contribution in [3.05, 3.63) is 47.5 Å². The molecule has 0 saturated heterocycles. The summed E-state index contributed by atoms with van der Waals surface area (Å²) in [6.07, 6.45) is 8.35. The number of carbonyl (C=O) groups is 2. The van der Waals surface area contributed by atoms with Crippen LogP contribution >= 0.6 is 0 Å². The zero-order valence-corrected chi connectivity index (χ0v) is 19.3. The standard InChI is InChI=1S/C23H27N7O4/c1-13-17(11-26-30(13)15-4-5-19(33-3)25-10-15)21(32)27-14-6-23(7-14)8-16(9-23)34-22-18(20(24)31)12-29(2)28-22/h4-5,10-12,14,16H,6-9H2,1-3H3,(H2,24,31)(H,27,32). The molecule has 11 nitrogen and oxygen atoms in total. The summed E-state index contributed by atoms with van der Waals surface area (Å²) in [6, 6.07) is 3.72. The third-order valence-corrected chi connectivity index (χ3v) is 6.78. The van der Waals surface area contributed by atoms with Crippen molar-refractivity contribution in [2.75, 3.05) is 7.11 Å². The highest BCUT2D eigenvalue weighted by atomic mass is 16.5. The van der Waals surface area contributed by atoms with Gasteiger partial charge in [-0.25, -0.2) is 9.67 Å². The lowest BCUT2D eigenvalue weighted by atomic mass is 9.53. The van der Waals surface area contributed by atoms with E-state index in [1.165, 1.54) is 4.68 Å². The molecule has 2 aliphatic carbocycles. The van der Waals surface area contributed by atoms with Crippen molar-refractivity contribution in [3.8, 4) is 17.4 Å². The average molecular weight is 466 g/mol. The molecule has 0 unspecified atom stereocenters. The van der Waals surface area contributed by atoms with Gasteiger partial charge >= 0.3 is 0 Å². The molecule has 1 spiro atoms. The Labute approximate surface area is 196 Å². The molecular weight excluding hydrogens is 438 g/mol. The molecule has 3 aromatic heterocycles. The van der Waals surface area contributed by atoms with Crippen LogP contribution in [0.1, 0.15) is 52.1 Å². The number of amides is 2. The Hall–Kier alpha value is -3.89. The normalized spacial score (nSPS) is 23.1. The summed E-state index contributed by atoms with van der Waals surface area (Å²) in [7, 11) is 3.28. The summed E-state index contributed by atoms with van der Waals surface area (Å²) >= 11 is 0. The van der Waals surface area contributed by atoms with Crippen molar-refractivity contribution in [1.29, 1.82) is 0 Å². The number of nitrogens with two attached hydrogens (primary N) is 1. The first kappa shape index (κ1) is 21.9. The second-order valence-corrected chi connectivity index (χ2v) is 9.23. The summed E-state index contributed by atoms with van der Waals surface area (Å²) in [5, 5.41) is 11.7. The van der Waals surface area contributed by atoms with E-state index < -0.39 is 5.91 Å². The second-order valence-electron chi connectivity index (χ2n) is 9.23. The van der Waals surface area contributed by atoms with Crippen LogP contribution in [0.25, 0.3) is 5.69 Å². The first-order chi connectivity index (χ1) is 16.3. The molecule has 0 bridgehead atoms. The van der Waals surface area contributed by atoms with E-state index in [1.54, 1.807) is 43.5 Å². The van der Waals surface area contributed by atoms with E-state index in [2.05, 4.69) is 20.5 Å². The topological polar surface area (TPSA) is 139 Å². The van der Waals surface area contributed by atoms with Crippen molar-refractivity contribution in [2.24, 2.45) is 18.2 Å². The van der Waals surface area contributed by atoms with E-state index in [1.807, 2.05) is 13.0 Å². The molecule has 3 N–H and O–H groups in total. The molecule has 0 radical (unpaired) electrons. The van der Waals surface area contributed by atoms with Crippen LogP contribution in [-0.4, -0.2) is 55.6 Å². The molecule has 2 fully saturated rings. The Bertz CT molecular complexity index is 1230. The van der Waals surface area contributed by atoms with E-state index in [9.17, 15) is 9.59 Å². The fourth-order valence-corrected chi connectivity index (χ4v) is 5.07. The number of pyridine rings is 1. The summed E-state index contributed by atoms with van der Waals surface area (Å²) in [5.41, 5.74) is 7.92. The fraction of sp³-hybridized carbons (Fsp3) is 0.435. The Kier molecular flexibility index (Phi) is 5.26. The average Bonchev–Trinajstić information content (AvgIpc) is 3.33. The van der Waals surface area contributed by atoms with Crippen LogP contribution < -0.4 is 20.5 Å². The lowest BCUT2D eigenvalue weighted by Crippen LogP contribution is -2.58. The van der Waals surface area contributed by atoms with Gasteiger partial charge in [0.1, 0.15) is 11.7 Å². The SMILES string of the molecule is COc1ccc(-n2ncc(C(=O)NC3CC4(C3)CC(Oc3nn(C)cc3C(N)=O)C4)c2C)cn1. The molecule has 2 aliphatic rings. The zero-order valence-electron chi connectivity index (χ0n) is 19.3. The molecule has 5 rings (SSSR count). The van der Waals surface area contributed by atoms with E-state index in [0.717, 1.165) is 37.1 Å². The van der Waals surface area contributed by atoms with Crippen LogP contribution in [0.4, 0.5) is 0 Å². The maximum atomic E-state index is 12.9. The lowest BCUT2D eigenvalue weighted by molar-refractivity contribution is -0.0849. The highest BCUT2D eigenvalue weighted by Gasteiger charge is 2.54. The Morgan fingerprint density at radius 2 is 1.94 bits per heavy atom. The smallest absolute Gasteiger partial charge is 0.255 e. The largest absolute Gasteiger partial charge is 0.481 e. The quantitative estimate of drug-likeness (QED) is 0.539. The van der Waals surface area contributed by atoms with Crippen LogP contribution in [0, 0.1) is 12.3 Å². The van der Waals surface area contributed by atoms with Crippen LogP contribution in [0.2, 0.25) is 0 Å². The third-order valence-electron chi connectivity index (χ3n) is 6.78. The number of nitrogens with zero attached hydrogens (tertiary/aromatic N) is 5. The second kappa shape index (κ2) is 8.15. The predicted molar refractivity (Wildman–Crippen MR) is 121 cm³/mol. The minimum atomic E-state index is -0.551. The number of ether oxygens (including phenoxy) is 2. The number of aromatic nitrogens is 5. The van der Waals surface area contributed by atoms with Gasteiger partial charge in [-0.05, 0) is 44.1 Å². The van der Waals surface area contributed by atoms with Gasteiger partial charge in [-0.3, -0.25) is 14.3 Å². The maximum absolute atomic E-state index is 12.9. The Morgan fingerprint density at radius 1 is 1.18 bits per heavy atom. The summed E-state index contributed by atoms with van der Waals surface area (Å²) in [5.74, 6) is 0.128. The first-order valence-electron chi connectivity index (χ1n) is 11.1. The van der Waals surface area contributed by atoms with E-state index >= 15 is 0 Å². The number of hydrogen-bond acceptors (Lipinski definition) is 7. The van der Waals surface area contributed by atoms with Gasteiger partial charge in [-0.2, -0.15) is 5.10 Å². The number of hydrogen-bond donors (Lipinski definition) is 2. The predicted octanol–water partition coefficient (Wildman–Crippen LogP) is 1.54. The molecule has 0 aromatic carbocycles. The van der Waals surface area contributed by atoms with Gasteiger partial charge in [-0.1, -0.05) is 0 Å². The highest BCUT2D eigenvalue weighted by molar-refractivity contribution is 5.95. The number of aryl methyl sites for hydroxylation is 1. The Morgan fingerprint density at radius 3 is 2.59 bits per heavy atom. The van der Waals surface area contributed by atoms with Crippen molar-refractivity contribution < 1.29 is 19.1 Å². The summed E-state index contributed by atoms with van der Waals surface area (Å²) < 4.78 is 14.2. The molecule has 178 valence electrons. The van der Waals surface area contributed by atoms with Gasteiger partial charge in [0.2, 0.25) is 11.8 Å². The van der Waals surface area contributed by atoms with Gasteiger partial charge < -0.3 is 20.5 Å². The van der Waals surface area contributed by atoms with Crippen molar-refractivity contribution in [3.63, 3.8) is 0 Å². The van der Waals surface area contributed by atoms with Crippen molar-refractivity contribution in [2.45, 2.75) is 44.8 Å². The number of carbonyl (C=O) groups excluding carboxylic acids is 2.